The number of hydrogen-bond acceptors (Lipinski definition) is 3. The summed E-state index contributed by atoms with van der Waals surface area (Å²) in [6.07, 6.45) is 4.00. The number of hydrogen-bond donors (Lipinski definition) is 1. The van der Waals surface area contributed by atoms with Crippen LogP contribution < -0.4 is 10.9 Å². The highest BCUT2D eigenvalue weighted by atomic mass is 16.1. The molecule has 0 aliphatic carbocycles. The minimum atomic E-state index is -0.00120. The van der Waals surface area contributed by atoms with E-state index in [1.165, 1.54) is 0 Å². The first-order chi connectivity index (χ1) is 8.24. The number of fused-ring (bicyclic) bond motifs is 1. The maximum Gasteiger partial charge on any atom is 0.258 e. The van der Waals surface area contributed by atoms with Crippen LogP contribution in [-0.2, 0) is 0 Å². The first-order valence-electron chi connectivity index (χ1n) is 5.97. The Morgan fingerprint density at radius 3 is 3.12 bits per heavy atom. The highest BCUT2D eigenvalue weighted by Crippen LogP contribution is 2.20. The van der Waals surface area contributed by atoms with Gasteiger partial charge in [-0.1, -0.05) is 0 Å². The molecule has 88 valence electrons. The van der Waals surface area contributed by atoms with E-state index in [0.717, 1.165) is 36.3 Å². The van der Waals surface area contributed by atoms with Gasteiger partial charge in [-0.3, -0.25) is 9.20 Å². The smallest absolute Gasteiger partial charge is 0.258 e. The van der Waals surface area contributed by atoms with Crippen molar-refractivity contribution in [2.45, 2.75) is 25.8 Å². The second-order valence-electron chi connectivity index (χ2n) is 4.60. The molecule has 1 unspecified atom stereocenters. The Balaban J connectivity index is 2.18. The molecular formula is C13H15N3O. The topological polar surface area (TPSA) is 46.4 Å². The van der Waals surface area contributed by atoms with Crippen LogP contribution in [0.1, 0.15) is 30.1 Å². The molecule has 1 saturated heterocycles. The minimum absolute atomic E-state index is 0.00120. The molecule has 17 heavy (non-hydrogen) atoms. The van der Waals surface area contributed by atoms with E-state index in [0.29, 0.717) is 0 Å². The fourth-order valence-corrected chi connectivity index (χ4v) is 2.34. The van der Waals surface area contributed by atoms with Crippen molar-refractivity contribution < 1.29 is 0 Å². The molecule has 1 fully saturated rings. The average molecular weight is 229 g/mol. The van der Waals surface area contributed by atoms with Crippen molar-refractivity contribution >= 4 is 5.65 Å². The summed E-state index contributed by atoms with van der Waals surface area (Å²) in [5.74, 6) is 0. The van der Waals surface area contributed by atoms with Crippen molar-refractivity contribution in [3.05, 3.63) is 46.0 Å². The standard InChI is InChI=1S/C13H15N3O/c1-9-4-6-16-12(7-9)15-11(8-13(16)17)10-3-2-5-14-10/h4,6-8,10,14H,2-3,5H2,1H3. The van der Waals surface area contributed by atoms with Crippen LogP contribution >= 0.6 is 0 Å². The van der Waals surface area contributed by atoms with Crippen molar-refractivity contribution in [2.75, 3.05) is 6.54 Å². The Morgan fingerprint density at radius 2 is 2.35 bits per heavy atom. The third-order valence-corrected chi connectivity index (χ3v) is 3.26. The van der Waals surface area contributed by atoms with E-state index in [1.54, 1.807) is 16.7 Å². The minimum Gasteiger partial charge on any atom is -0.309 e. The van der Waals surface area contributed by atoms with Gasteiger partial charge >= 0.3 is 0 Å². The van der Waals surface area contributed by atoms with E-state index < -0.39 is 0 Å². The van der Waals surface area contributed by atoms with Gasteiger partial charge in [0.15, 0.2) is 0 Å². The van der Waals surface area contributed by atoms with Crippen LogP contribution in [0.5, 0.6) is 0 Å². The second-order valence-corrected chi connectivity index (χ2v) is 4.60. The summed E-state index contributed by atoms with van der Waals surface area (Å²) in [5, 5.41) is 3.37. The lowest BCUT2D eigenvalue weighted by molar-refractivity contribution is 0.626. The molecule has 2 aromatic heterocycles. The zero-order valence-corrected chi connectivity index (χ0v) is 9.81. The molecule has 0 aromatic carbocycles. The summed E-state index contributed by atoms with van der Waals surface area (Å²) in [5.41, 5.74) is 2.73. The van der Waals surface area contributed by atoms with Gasteiger partial charge in [0, 0.05) is 18.3 Å². The van der Waals surface area contributed by atoms with E-state index in [-0.39, 0.29) is 11.6 Å². The van der Waals surface area contributed by atoms with Crippen LogP contribution in [0.3, 0.4) is 0 Å². The van der Waals surface area contributed by atoms with E-state index in [4.69, 9.17) is 0 Å². The van der Waals surface area contributed by atoms with Gasteiger partial charge in [0.1, 0.15) is 5.65 Å². The van der Waals surface area contributed by atoms with Gasteiger partial charge in [0.25, 0.3) is 5.56 Å². The van der Waals surface area contributed by atoms with Crippen molar-refractivity contribution in [1.29, 1.82) is 0 Å². The fraction of sp³-hybridized carbons (Fsp3) is 0.385. The second kappa shape index (κ2) is 3.96. The van der Waals surface area contributed by atoms with Gasteiger partial charge in [-0.05, 0) is 44.0 Å². The largest absolute Gasteiger partial charge is 0.309 e. The van der Waals surface area contributed by atoms with E-state index in [1.807, 2.05) is 19.1 Å². The summed E-state index contributed by atoms with van der Waals surface area (Å²) in [7, 11) is 0. The molecule has 1 aliphatic rings. The zero-order chi connectivity index (χ0) is 11.8. The molecular weight excluding hydrogens is 214 g/mol. The van der Waals surface area contributed by atoms with Gasteiger partial charge in [-0.15, -0.1) is 0 Å². The van der Waals surface area contributed by atoms with Crippen molar-refractivity contribution in [3.63, 3.8) is 0 Å². The first-order valence-corrected chi connectivity index (χ1v) is 5.97. The van der Waals surface area contributed by atoms with Gasteiger partial charge < -0.3 is 5.32 Å². The summed E-state index contributed by atoms with van der Waals surface area (Å²) in [6.45, 7) is 3.02. The Kier molecular flexibility index (Phi) is 2.44. The van der Waals surface area contributed by atoms with Crippen LogP contribution in [-0.4, -0.2) is 15.9 Å². The molecule has 4 heteroatoms. The number of nitrogens with zero attached hydrogens (tertiary/aromatic N) is 2. The monoisotopic (exact) mass is 229 g/mol. The highest BCUT2D eigenvalue weighted by Gasteiger charge is 2.18. The van der Waals surface area contributed by atoms with Gasteiger partial charge in [0.2, 0.25) is 0 Å². The van der Waals surface area contributed by atoms with E-state index in [2.05, 4.69) is 10.3 Å². The molecule has 0 amide bonds. The van der Waals surface area contributed by atoms with Crippen LogP contribution in [0.2, 0.25) is 0 Å². The van der Waals surface area contributed by atoms with Crippen LogP contribution in [0.25, 0.3) is 5.65 Å². The first kappa shape index (κ1) is 10.5. The number of aryl methyl sites for hydroxylation is 1. The fourth-order valence-electron chi connectivity index (χ4n) is 2.34. The molecule has 1 N–H and O–H groups in total. The predicted octanol–water partition coefficient (Wildman–Crippen LogP) is 1.43. The molecule has 3 heterocycles. The maximum atomic E-state index is 12.0. The SMILES string of the molecule is Cc1ccn2c(=O)cc(C3CCCN3)nc2c1. The quantitative estimate of drug-likeness (QED) is 0.804. The van der Waals surface area contributed by atoms with Gasteiger partial charge in [0.05, 0.1) is 5.69 Å². The lowest BCUT2D eigenvalue weighted by Gasteiger charge is -2.10. The molecule has 0 bridgehead atoms. The highest BCUT2D eigenvalue weighted by molar-refractivity contribution is 5.41. The summed E-state index contributed by atoms with van der Waals surface area (Å²) in [4.78, 5) is 16.5. The van der Waals surface area contributed by atoms with Crippen LogP contribution in [0.4, 0.5) is 0 Å². The third kappa shape index (κ3) is 1.85. The molecule has 0 spiro atoms. The van der Waals surface area contributed by atoms with Crippen molar-refractivity contribution in [1.82, 2.24) is 14.7 Å². The Bertz CT molecular complexity index is 612. The lowest BCUT2D eigenvalue weighted by Crippen LogP contribution is -2.20. The summed E-state index contributed by atoms with van der Waals surface area (Å²) >= 11 is 0. The zero-order valence-electron chi connectivity index (χ0n) is 9.81. The maximum absolute atomic E-state index is 12.0. The molecule has 1 aliphatic heterocycles. The summed E-state index contributed by atoms with van der Waals surface area (Å²) in [6, 6.07) is 5.75. The molecule has 4 nitrogen and oxygen atoms in total. The Labute approximate surface area is 99.3 Å². The van der Waals surface area contributed by atoms with E-state index in [9.17, 15) is 4.79 Å². The van der Waals surface area contributed by atoms with Crippen LogP contribution in [0, 0.1) is 6.92 Å². The molecule has 1 atom stereocenters. The lowest BCUT2D eigenvalue weighted by atomic mass is 10.1. The summed E-state index contributed by atoms with van der Waals surface area (Å²) < 4.78 is 1.59. The predicted molar refractivity (Wildman–Crippen MR) is 66.2 cm³/mol. The van der Waals surface area contributed by atoms with Crippen molar-refractivity contribution in [3.8, 4) is 0 Å². The average Bonchev–Trinajstić information content (AvgIpc) is 2.81. The number of nitrogens with one attached hydrogen (secondary N) is 1. The molecule has 3 rings (SSSR count). The Morgan fingerprint density at radius 1 is 1.47 bits per heavy atom. The number of pyridine rings is 1. The van der Waals surface area contributed by atoms with Crippen molar-refractivity contribution in [2.24, 2.45) is 0 Å². The molecule has 0 saturated carbocycles. The molecule has 0 radical (unpaired) electrons. The Hall–Kier alpha value is -1.68. The normalized spacial score (nSPS) is 19.9. The number of aromatic nitrogens is 2. The molecule has 2 aromatic rings. The van der Waals surface area contributed by atoms with E-state index >= 15 is 0 Å². The van der Waals surface area contributed by atoms with Gasteiger partial charge in [-0.2, -0.15) is 0 Å². The third-order valence-electron chi connectivity index (χ3n) is 3.26. The van der Waals surface area contributed by atoms with Crippen LogP contribution in [0.15, 0.2) is 29.2 Å². The van der Waals surface area contributed by atoms with Gasteiger partial charge in [-0.25, -0.2) is 4.98 Å². The number of rotatable bonds is 1.